The quantitative estimate of drug-likeness (QED) is 0.134. The second-order valence-corrected chi connectivity index (χ2v) is 11.1. The Morgan fingerprint density at radius 1 is 0.929 bits per heavy atom. The summed E-state index contributed by atoms with van der Waals surface area (Å²) in [5.41, 5.74) is 1.65. The molecule has 0 radical (unpaired) electrons. The van der Waals surface area contributed by atoms with Crippen LogP contribution in [0.5, 0.6) is 23.0 Å². The van der Waals surface area contributed by atoms with E-state index in [1.54, 1.807) is 48.5 Å². The number of nitrogens with zero attached hydrogens (tertiary/aromatic N) is 1. The van der Waals surface area contributed by atoms with E-state index in [1.165, 1.54) is 20.3 Å². The molecular formula is C30H27Cl2IN2O7. The van der Waals surface area contributed by atoms with Gasteiger partial charge in [-0.05, 0) is 82.6 Å². The van der Waals surface area contributed by atoms with Gasteiger partial charge in [0, 0.05) is 15.6 Å². The highest BCUT2D eigenvalue weighted by Gasteiger charge is 2.36. The van der Waals surface area contributed by atoms with Gasteiger partial charge in [-0.25, -0.2) is 4.79 Å². The number of carbonyl (C=O) groups is 3. The largest absolute Gasteiger partial charge is 0.493 e. The van der Waals surface area contributed by atoms with E-state index in [4.69, 9.17) is 42.1 Å². The van der Waals surface area contributed by atoms with Crippen molar-refractivity contribution in [2.75, 3.05) is 20.8 Å². The summed E-state index contributed by atoms with van der Waals surface area (Å²) in [6.45, 7) is 2.59. The highest BCUT2D eigenvalue weighted by molar-refractivity contribution is 14.1. The van der Waals surface area contributed by atoms with Gasteiger partial charge in [-0.15, -0.1) is 0 Å². The molecule has 1 N–H and O–H groups in total. The molecule has 3 aromatic rings. The Labute approximate surface area is 266 Å². The summed E-state index contributed by atoms with van der Waals surface area (Å²) in [5, 5.41) is 3.23. The molecule has 0 aliphatic carbocycles. The molecule has 42 heavy (non-hydrogen) atoms. The summed E-state index contributed by atoms with van der Waals surface area (Å²) >= 11 is 14.3. The average molecular weight is 725 g/mol. The van der Waals surface area contributed by atoms with E-state index < -0.39 is 17.8 Å². The van der Waals surface area contributed by atoms with Crippen LogP contribution in [0.25, 0.3) is 6.08 Å². The Bertz CT molecular complexity index is 1560. The lowest BCUT2D eigenvalue weighted by atomic mass is 10.1. The summed E-state index contributed by atoms with van der Waals surface area (Å²) in [6.07, 6.45) is 2.24. The zero-order chi connectivity index (χ0) is 30.4. The number of rotatable bonds is 11. The van der Waals surface area contributed by atoms with Gasteiger partial charge in [-0.3, -0.25) is 19.8 Å². The molecule has 1 fully saturated rings. The third-order valence-electron chi connectivity index (χ3n) is 6.17. The molecule has 0 spiro atoms. The zero-order valence-corrected chi connectivity index (χ0v) is 26.6. The second-order valence-electron chi connectivity index (χ2n) is 9.10. The van der Waals surface area contributed by atoms with Crippen LogP contribution in [0.1, 0.15) is 30.0 Å². The fraction of sp³-hybridized carbons (Fsp3) is 0.233. The van der Waals surface area contributed by atoms with Crippen LogP contribution in [0.4, 0.5) is 4.79 Å². The minimum atomic E-state index is -0.816. The molecule has 1 saturated heterocycles. The molecule has 1 heterocycles. The van der Waals surface area contributed by atoms with Gasteiger partial charge in [0.05, 0.1) is 30.9 Å². The van der Waals surface area contributed by atoms with Gasteiger partial charge < -0.3 is 18.9 Å². The Balaban J connectivity index is 1.57. The van der Waals surface area contributed by atoms with Crippen LogP contribution in [0.2, 0.25) is 10.0 Å². The topological polar surface area (TPSA) is 103 Å². The summed E-state index contributed by atoms with van der Waals surface area (Å²) in [5.74, 6) is 0.339. The van der Waals surface area contributed by atoms with Crippen molar-refractivity contribution < 1.29 is 33.3 Å². The van der Waals surface area contributed by atoms with Crippen LogP contribution in [-0.2, 0) is 22.7 Å². The van der Waals surface area contributed by atoms with Gasteiger partial charge in [-0.1, -0.05) is 42.3 Å². The van der Waals surface area contributed by atoms with Crippen LogP contribution >= 0.6 is 45.8 Å². The highest BCUT2D eigenvalue weighted by Crippen LogP contribution is 2.36. The number of nitrogens with one attached hydrogen (secondary N) is 1. The first kappa shape index (κ1) is 31.5. The van der Waals surface area contributed by atoms with Crippen LogP contribution in [0.3, 0.4) is 0 Å². The van der Waals surface area contributed by atoms with E-state index in [9.17, 15) is 14.4 Å². The van der Waals surface area contributed by atoms with Crippen molar-refractivity contribution >= 4 is 69.7 Å². The Kier molecular flexibility index (Phi) is 10.6. The van der Waals surface area contributed by atoms with Crippen molar-refractivity contribution in [1.82, 2.24) is 10.2 Å². The molecule has 1 aliphatic rings. The zero-order valence-electron chi connectivity index (χ0n) is 23.0. The Morgan fingerprint density at radius 2 is 1.69 bits per heavy atom. The first-order valence-corrected chi connectivity index (χ1v) is 14.6. The van der Waals surface area contributed by atoms with E-state index in [0.717, 1.165) is 16.9 Å². The van der Waals surface area contributed by atoms with E-state index in [-0.39, 0.29) is 18.7 Å². The lowest BCUT2D eigenvalue weighted by molar-refractivity contribution is -0.130. The molecule has 4 amide bonds. The smallest absolute Gasteiger partial charge is 0.331 e. The lowest BCUT2D eigenvalue weighted by Crippen LogP contribution is -2.53. The molecule has 1 aliphatic heterocycles. The number of imide groups is 2. The van der Waals surface area contributed by atoms with Crippen molar-refractivity contribution in [3.63, 3.8) is 0 Å². The Morgan fingerprint density at radius 3 is 2.38 bits per heavy atom. The van der Waals surface area contributed by atoms with E-state index in [2.05, 4.69) is 27.9 Å². The van der Waals surface area contributed by atoms with Gasteiger partial charge in [0.1, 0.15) is 12.2 Å². The number of hydrogen-bond acceptors (Lipinski definition) is 7. The molecule has 3 aromatic carbocycles. The number of halogens is 3. The van der Waals surface area contributed by atoms with Crippen LogP contribution < -0.4 is 24.3 Å². The van der Waals surface area contributed by atoms with E-state index in [1.807, 2.05) is 6.92 Å². The second kappa shape index (κ2) is 14.1. The minimum absolute atomic E-state index is 0.0827. The van der Waals surface area contributed by atoms with Crippen molar-refractivity contribution in [2.24, 2.45) is 0 Å². The molecule has 4 rings (SSSR count). The van der Waals surface area contributed by atoms with Crippen LogP contribution in [-0.4, -0.2) is 43.6 Å². The van der Waals surface area contributed by atoms with Crippen LogP contribution in [0, 0.1) is 3.57 Å². The first-order chi connectivity index (χ1) is 20.1. The molecular weight excluding hydrogens is 698 g/mol. The van der Waals surface area contributed by atoms with Crippen LogP contribution in [0.15, 0.2) is 54.1 Å². The normalized spacial score (nSPS) is 14.2. The SMILES string of the molecule is CCCOc1ccc(CN2C(=O)NC(=O)/C(=C\c3cc(I)c(OCc4ccc(Cl)cc4Cl)c(OC)c3)C2=O)cc1OC. The predicted molar refractivity (Wildman–Crippen MR) is 167 cm³/mol. The van der Waals surface area contributed by atoms with E-state index in [0.29, 0.717) is 54.3 Å². The average Bonchev–Trinajstić information content (AvgIpc) is 2.96. The number of ether oxygens (including phenoxy) is 4. The number of hydrogen-bond donors (Lipinski definition) is 1. The summed E-state index contributed by atoms with van der Waals surface area (Å²) in [4.78, 5) is 39.7. The van der Waals surface area contributed by atoms with Gasteiger partial charge in [0.15, 0.2) is 23.0 Å². The number of amides is 4. The summed E-state index contributed by atoms with van der Waals surface area (Å²) < 4.78 is 23.3. The Hall–Kier alpha value is -3.48. The lowest BCUT2D eigenvalue weighted by Gasteiger charge is -2.26. The summed E-state index contributed by atoms with van der Waals surface area (Å²) in [7, 11) is 2.99. The molecule has 0 unspecified atom stereocenters. The fourth-order valence-electron chi connectivity index (χ4n) is 4.08. The number of urea groups is 1. The van der Waals surface area contributed by atoms with Crippen molar-refractivity contribution in [1.29, 1.82) is 0 Å². The van der Waals surface area contributed by atoms with Gasteiger partial charge in [-0.2, -0.15) is 0 Å². The predicted octanol–water partition coefficient (Wildman–Crippen LogP) is 6.65. The molecule has 9 nitrogen and oxygen atoms in total. The molecule has 220 valence electrons. The molecule has 12 heteroatoms. The third-order valence-corrected chi connectivity index (χ3v) is 7.55. The number of barbiturate groups is 1. The standard InChI is InChI=1S/C30H27Cl2IN2O7/c1-4-9-41-24-8-5-17(12-25(24)39-2)15-35-29(37)21(28(36)34-30(35)38)10-18-11-23(33)27(26(13-18)40-3)42-16-19-6-7-20(31)14-22(19)32/h5-8,10-14H,4,9,15-16H2,1-3H3,(H,34,36,38)/b21-10+. The number of carbonyl (C=O) groups excluding carboxylic acids is 3. The number of methoxy groups -OCH3 is 2. The van der Waals surface area contributed by atoms with Crippen molar-refractivity contribution in [2.45, 2.75) is 26.5 Å². The molecule has 0 atom stereocenters. The third kappa shape index (κ3) is 7.29. The fourth-order valence-corrected chi connectivity index (χ4v) is 5.32. The maximum atomic E-state index is 13.4. The maximum absolute atomic E-state index is 13.4. The van der Waals surface area contributed by atoms with Gasteiger partial charge in [0.25, 0.3) is 11.8 Å². The van der Waals surface area contributed by atoms with Gasteiger partial charge >= 0.3 is 6.03 Å². The maximum Gasteiger partial charge on any atom is 0.331 e. The van der Waals surface area contributed by atoms with E-state index >= 15 is 0 Å². The van der Waals surface area contributed by atoms with Crippen molar-refractivity contribution in [3.8, 4) is 23.0 Å². The molecule has 0 saturated carbocycles. The first-order valence-electron chi connectivity index (χ1n) is 12.8. The van der Waals surface area contributed by atoms with Crippen molar-refractivity contribution in [3.05, 3.63) is 84.4 Å². The number of benzene rings is 3. The highest BCUT2D eigenvalue weighted by atomic mass is 127. The monoisotopic (exact) mass is 724 g/mol. The molecule has 0 bridgehead atoms. The van der Waals surface area contributed by atoms with Gasteiger partial charge in [0.2, 0.25) is 0 Å². The summed E-state index contributed by atoms with van der Waals surface area (Å²) in [6, 6.07) is 12.8. The minimum Gasteiger partial charge on any atom is -0.493 e. The molecule has 0 aromatic heterocycles.